The van der Waals surface area contributed by atoms with Crippen LogP contribution < -0.4 is 4.90 Å². The summed E-state index contributed by atoms with van der Waals surface area (Å²) in [5, 5.41) is 1.13. The quantitative estimate of drug-likeness (QED) is 0.644. The summed E-state index contributed by atoms with van der Waals surface area (Å²) >= 11 is 0. The SMILES string of the molecule is Cl.O=C1OC[C@H]2CN(c3cc(-c4ccccc4)nc4ccccc34)C[C@@H]12. The molecule has 0 spiro atoms. The lowest BCUT2D eigenvalue weighted by Crippen LogP contribution is -2.23. The summed E-state index contributed by atoms with van der Waals surface area (Å²) < 4.78 is 5.21. The largest absolute Gasteiger partial charge is 0.465 e. The van der Waals surface area contributed by atoms with Crippen molar-refractivity contribution in [3.8, 4) is 11.3 Å². The lowest BCUT2D eigenvalue weighted by Gasteiger charge is -2.22. The summed E-state index contributed by atoms with van der Waals surface area (Å²) in [6.45, 7) is 2.14. The van der Waals surface area contributed by atoms with Gasteiger partial charge >= 0.3 is 5.97 Å². The molecule has 5 heteroatoms. The number of fused-ring (bicyclic) bond motifs is 2. The summed E-state index contributed by atoms with van der Waals surface area (Å²) in [6, 6.07) is 20.6. The zero-order valence-electron chi connectivity index (χ0n) is 14.2. The Morgan fingerprint density at radius 3 is 2.58 bits per heavy atom. The van der Waals surface area contributed by atoms with Gasteiger partial charge < -0.3 is 9.64 Å². The maximum atomic E-state index is 11.9. The van der Waals surface area contributed by atoms with Crippen LogP contribution in [0, 0.1) is 11.8 Å². The van der Waals surface area contributed by atoms with E-state index in [0.29, 0.717) is 12.5 Å². The van der Waals surface area contributed by atoms with Gasteiger partial charge in [-0.05, 0) is 12.1 Å². The lowest BCUT2D eigenvalue weighted by atomic mass is 10.0. The molecule has 5 rings (SSSR count). The van der Waals surface area contributed by atoms with Crippen LogP contribution in [0.25, 0.3) is 22.2 Å². The van der Waals surface area contributed by atoms with Crippen molar-refractivity contribution in [1.29, 1.82) is 0 Å². The van der Waals surface area contributed by atoms with Crippen LogP contribution in [-0.4, -0.2) is 30.6 Å². The highest BCUT2D eigenvalue weighted by atomic mass is 35.5. The summed E-state index contributed by atoms with van der Waals surface area (Å²) in [7, 11) is 0. The number of esters is 1. The Balaban J connectivity index is 0.00000168. The van der Waals surface area contributed by atoms with Crippen LogP contribution in [0.15, 0.2) is 60.7 Å². The minimum Gasteiger partial charge on any atom is -0.465 e. The molecular weight excluding hydrogens is 348 g/mol. The lowest BCUT2D eigenvalue weighted by molar-refractivity contribution is -0.140. The summed E-state index contributed by atoms with van der Waals surface area (Å²) in [5.74, 6) is 0.265. The fourth-order valence-corrected chi connectivity index (χ4v) is 3.98. The van der Waals surface area contributed by atoms with Crippen molar-refractivity contribution >= 4 is 35.0 Å². The Morgan fingerprint density at radius 1 is 1.00 bits per heavy atom. The zero-order chi connectivity index (χ0) is 16.8. The fourth-order valence-electron chi connectivity index (χ4n) is 3.98. The van der Waals surface area contributed by atoms with Crippen LogP contribution in [0.3, 0.4) is 0 Å². The number of hydrogen-bond donors (Lipinski definition) is 0. The molecule has 26 heavy (non-hydrogen) atoms. The van der Waals surface area contributed by atoms with Gasteiger partial charge in [-0.2, -0.15) is 0 Å². The molecule has 2 aliphatic heterocycles. The number of para-hydroxylation sites is 1. The average molecular weight is 367 g/mol. The van der Waals surface area contributed by atoms with E-state index in [1.54, 1.807) is 0 Å². The molecule has 0 saturated carbocycles. The van der Waals surface area contributed by atoms with Crippen molar-refractivity contribution in [2.24, 2.45) is 11.8 Å². The monoisotopic (exact) mass is 366 g/mol. The van der Waals surface area contributed by atoms with Gasteiger partial charge in [0.25, 0.3) is 0 Å². The van der Waals surface area contributed by atoms with Crippen LogP contribution in [0.4, 0.5) is 5.69 Å². The van der Waals surface area contributed by atoms with Crippen molar-refractivity contribution in [2.75, 3.05) is 24.6 Å². The number of carbonyl (C=O) groups excluding carboxylic acids is 1. The average Bonchev–Trinajstić information content (AvgIpc) is 3.24. The number of hydrogen-bond acceptors (Lipinski definition) is 4. The molecule has 0 radical (unpaired) electrons. The van der Waals surface area contributed by atoms with Gasteiger partial charge in [-0.25, -0.2) is 4.98 Å². The van der Waals surface area contributed by atoms with Crippen molar-refractivity contribution in [2.45, 2.75) is 0 Å². The molecule has 2 aliphatic rings. The van der Waals surface area contributed by atoms with Crippen molar-refractivity contribution < 1.29 is 9.53 Å². The van der Waals surface area contributed by atoms with E-state index in [0.717, 1.165) is 40.9 Å². The van der Waals surface area contributed by atoms with E-state index < -0.39 is 0 Å². The number of ether oxygens (including phenoxy) is 1. The number of aromatic nitrogens is 1. The number of nitrogens with zero attached hydrogens (tertiary/aromatic N) is 2. The number of benzene rings is 2. The number of carbonyl (C=O) groups is 1. The van der Waals surface area contributed by atoms with Gasteiger partial charge in [-0.15, -0.1) is 12.4 Å². The van der Waals surface area contributed by atoms with Crippen molar-refractivity contribution in [1.82, 2.24) is 4.98 Å². The molecular formula is C21H19ClN2O2. The number of anilines is 1. The first-order chi connectivity index (χ1) is 12.3. The van der Waals surface area contributed by atoms with Crippen LogP contribution in [-0.2, 0) is 9.53 Å². The molecule has 3 heterocycles. The first-order valence-electron chi connectivity index (χ1n) is 8.66. The Hall–Kier alpha value is -2.59. The minimum absolute atomic E-state index is 0. The first kappa shape index (κ1) is 16.9. The van der Waals surface area contributed by atoms with Gasteiger partial charge in [-0.3, -0.25) is 4.79 Å². The van der Waals surface area contributed by atoms with E-state index in [9.17, 15) is 4.79 Å². The third-order valence-corrected chi connectivity index (χ3v) is 5.29. The smallest absolute Gasteiger partial charge is 0.311 e. The third kappa shape index (κ3) is 2.71. The number of rotatable bonds is 2. The molecule has 0 amide bonds. The zero-order valence-corrected chi connectivity index (χ0v) is 15.0. The molecule has 0 bridgehead atoms. The van der Waals surface area contributed by atoms with E-state index in [2.05, 4.69) is 35.2 Å². The van der Waals surface area contributed by atoms with Crippen LogP contribution in [0.1, 0.15) is 0 Å². The van der Waals surface area contributed by atoms with E-state index in [1.165, 1.54) is 0 Å². The Morgan fingerprint density at radius 2 is 1.77 bits per heavy atom. The highest BCUT2D eigenvalue weighted by Gasteiger charge is 2.44. The van der Waals surface area contributed by atoms with E-state index >= 15 is 0 Å². The maximum Gasteiger partial charge on any atom is 0.311 e. The van der Waals surface area contributed by atoms with Gasteiger partial charge in [0, 0.05) is 35.6 Å². The third-order valence-electron chi connectivity index (χ3n) is 5.29. The topological polar surface area (TPSA) is 42.4 Å². The molecule has 132 valence electrons. The standard InChI is InChI=1S/C21H18N2O2.ClH/c24-21-17-12-23(11-15(17)13-25-21)20-10-19(14-6-2-1-3-7-14)22-18-9-5-4-8-16(18)20;/h1-10,15,17H,11-13H2;1H/t15-,17-;/m1./s1. The Labute approximate surface area is 158 Å². The normalized spacial score (nSPS) is 21.4. The van der Waals surface area contributed by atoms with Crippen LogP contribution in [0.2, 0.25) is 0 Å². The predicted molar refractivity (Wildman–Crippen MR) is 105 cm³/mol. The predicted octanol–water partition coefficient (Wildman–Crippen LogP) is 3.93. The second-order valence-corrected chi connectivity index (χ2v) is 6.81. The van der Waals surface area contributed by atoms with Gasteiger partial charge in [0.1, 0.15) is 0 Å². The van der Waals surface area contributed by atoms with E-state index in [4.69, 9.17) is 9.72 Å². The second-order valence-electron chi connectivity index (χ2n) is 6.81. The minimum atomic E-state index is -0.0471. The molecule has 3 aromatic rings. The van der Waals surface area contributed by atoms with Crippen LogP contribution in [0.5, 0.6) is 0 Å². The Kier molecular flexibility index (Phi) is 4.29. The highest BCUT2D eigenvalue weighted by molar-refractivity contribution is 5.94. The molecule has 0 N–H and O–H groups in total. The van der Waals surface area contributed by atoms with Gasteiger partial charge in [0.2, 0.25) is 0 Å². The summed E-state index contributed by atoms with van der Waals surface area (Å²) in [6.07, 6.45) is 0. The van der Waals surface area contributed by atoms with E-state index in [1.807, 2.05) is 30.3 Å². The molecule has 2 fully saturated rings. The first-order valence-corrected chi connectivity index (χ1v) is 8.66. The number of cyclic esters (lactones) is 1. The molecule has 4 nitrogen and oxygen atoms in total. The van der Waals surface area contributed by atoms with Crippen LogP contribution >= 0.6 is 12.4 Å². The molecule has 2 saturated heterocycles. The van der Waals surface area contributed by atoms with Gasteiger partial charge in [-0.1, -0.05) is 48.5 Å². The summed E-state index contributed by atoms with van der Waals surface area (Å²) in [5.41, 5.74) is 4.22. The van der Waals surface area contributed by atoms with Crippen molar-refractivity contribution in [3.63, 3.8) is 0 Å². The fraction of sp³-hybridized carbons (Fsp3) is 0.238. The molecule has 2 aromatic carbocycles. The molecule has 1 aromatic heterocycles. The van der Waals surface area contributed by atoms with Crippen molar-refractivity contribution in [3.05, 3.63) is 60.7 Å². The Bertz CT molecular complexity index is 961. The highest BCUT2D eigenvalue weighted by Crippen LogP contribution is 2.37. The molecule has 2 atom stereocenters. The molecule has 0 unspecified atom stereocenters. The van der Waals surface area contributed by atoms with E-state index in [-0.39, 0.29) is 24.3 Å². The maximum absolute atomic E-state index is 11.9. The number of pyridine rings is 1. The molecule has 0 aliphatic carbocycles. The summed E-state index contributed by atoms with van der Waals surface area (Å²) in [4.78, 5) is 19.1. The number of halogens is 1. The van der Waals surface area contributed by atoms with Gasteiger partial charge in [0.15, 0.2) is 0 Å². The van der Waals surface area contributed by atoms with Gasteiger partial charge in [0.05, 0.1) is 23.7 Å². The second kappa shape index (κ2) is 6.61.